The van der Waals surface area contributed by atoms with E-state index in [1.807, 2.05) is 62.4 Å². The molecular weight excluding hydrogens is 378 g/mol. The molecule has 6 nitrogen and oxygen atoms in total. The lowest BCUT2D eigenvalue weighted by Crippen LogP contribution is -2.30. The molecule has 0 saturated carbocycles. The highest BCUT2D eigenvalue weighted by atomic mass is 16.5. The van der Waals surface area contributed by atoms with Gasteiger partial charge < -0.3 is 19.6 Å². The Balaban J connectivity index is 0.00000155. The van der Waals surface area contributed by atoms with E-state index >= 15 is 0 Å². The average molecular weight is 414 g/mol. The van der Waals surface area contributed by atoms with Gasteiger partial charge in [0.15, 0.2) is 0 Å². The maximum absolute atomic E-state index is 8.93. The summed E-state index contributed by atoms with van der Waals surface area (Å²) in [5, 5.41) is 8.93. The van der Waals surface area contributed by atoms with Crippen molar-refractivity contribution >= 4 is 11.0 Å². The van der Waals surface area contributed by atoms with Crippen LogP contribution in [-0.4, -0.2) is 52.8 Å². The zero-order chi connectivity index (χ0) is 21.6. The second kappa shape index (κ2) is 13.6. The number of aromatic nitrogens is 2. The molecule has 0 radical (unpaired) electrons. The molecule has 0 aliphatic heterocycles. The Kier molecular flexibility index (Phi) is 10.8. The Hall–Kier alpha value is -2.57. The van der Waals surface area contributed by atoms with Gasteiger partial charge in [-0.3, -0.25) is 4.90 Å². The molecule has 0 aliphatic carbocycles. The highest BCUT2D eigenvalue weighted by Crippen LogP contribution is 2.24. The molecule has 1 heterocycles. The van der Waals surface area contributed by atoms with Gasteiger partial charge in [0.25, 0.3) is 6.01 Å². The minimum atomic E-state index is 0.263. The summed E-state index contributed by atoms with van der Waals surface area (Å²) in [7, 11) is 0. The Labute approximate surface area is 179 Å². The maximum Gasteiger partial charge on any atom is 0.300 e. The van der Waals surface area contributed by atoms with E-state index in [1.54, 1.807) is 0 Å². The fraction of sp³-hybridized carbons (Fsp3) is 0.458. The fourth-order valence-corrected chi connectivity index (χ4v) is 3.08. The minimum absolute atomic E-state index is 0.263. The van der Waals surface area contributed by atoms with Crippen molar-refractivity contribution in [3.05, 3.63) is 48.5 Å². The number of H-pyrrole nitrogens is 1. The summed E-state index contributed by atoms with van der Waals surface area (Å²) in [5.41, 5.74) is 1.83. The number of hydrogen-bond acceptors (Lipinski definition) is 5. The van der Waals surface area contributed by atoms with Crippen molar-refractivity contribution in [2.45, 2.75) is 40.0 Å². The van der Waals surface area contributed by atoms with Crippen molar-refractivity contribution in [1.29, 1.82) is 0 Å². The van der Waals surface area contributed by atoms with Gasteiger partial charge in [-0.25, -0.2) is 0 Å². The molecule has 1 aromatic heterocycles. The van der Waals surface area contributed by atoms with Gasteiger partial charge in [0.1, 0.15) is 18.1 Å². The monoisotopic (exact) mass is 413 g/mol. The largest absolute Gasteiger partial charge is 0.492 e. The van der Waals surface area contributed by atoms with Crippen molar-refractivity contribution in [1.82, 2.24) is 14.9 Å². The number of hydrogen-bond donors (Lipinski definition) is 2. The zero-order valence-electron chi connectivity index (χ0n) is 18.4. The van der Waals surface area contributed by atoms with Crippen LogP contribution >= 0.6 is 0 Å². The number of para-hydroxylation sites is 2. The van der Waals surface area contributed by atoms with Gasteiger partial charge in [-0.1, -0.05) is 32.9 Å². The average Bonchev–Trinajstić information content (AvgIpc) is 3.19. The van der Waals surface area contributed by atoms with Crippen molar-refractivity contribution in [3.8, 4) is 17.5 Å². The molecule has 0 atom stereocenters. The van der Waals surface area contributed by atoms with Gasteiger partial charge in [-0.15, -0.1) is 0 Å². The molecule has 0 aliphatic rings. The predicted molar refractivity (Wildman–Crippen MR) is 123 cm³/mol. The van der Waals surface area contributed by atoms with Crippen molar-refractivity contribution in [2.24, 2.45) is 0 Å². The summed E-state index contributed by atoms with van der Waals surface area (Å²) in [6.45, 7) is 10.0. The molecule has 0 amide bonds. The first-order valence-corrected chi connectivity index (χ1v) is 11.0. The number of nitrogens with one attached hydrogen (secondary N) is 1. The van der Waals surface area contributed by atoms with Gasteiger partial charge in [-0.05, 0) is 68.8 Å². The van der Waals surface area contributed by atoms with Gasteiger partial charge in [0.2, 0.25) is 0 Å². The van der Waals surface area contributed by atoms with Crippen LogP contribution in [0.5, 0.6) is 17.5 Å². The number of aliphatic hydroxyl groups excluding tert-OH is 1. The topological polar surface area (TPSA) is 70.6 Å². The minimum Gasteiger partial charge on any atom is -0.492 e. The highest BCUT2D eigenvalue weighted by molar-refractivity contribution is 5.75. The molecule has 164 valence electrons. The molecule has 2 aromatic carbocycles. The first-order valence-electron chi connectivity index (χ1n) is 11.0. The maximum atomic E-state index is 8.93. The molecule has 0 spiro atoms. The first-order chi connectivity index (χ1) is 14.8. The first kappa shape index (κ1) is 23.7. The molecule has 0 saturated heterocycles. The summed E-state index contributed by atoms with van der Waals surface area (Å²) in [5.74, 6) is 1.53. The van der Waals surface area contributed by atoms with Gasteiger partial charge in [0.05, 0.1) is 11.0 Å². The number of unbranched alkanes of at least 4 members (excludes halogenated alkanes) is 1. The molecular formula is C24H35N3O3. The van der Waals surface area contributed by atoms with Crippen LogP contribution in [-0.2, 0) is 0 Å². The van der Waals surface area contributed by atoms with Crippen LogP contribution in [0, 0.1) is 0 Å². The summed E-state index contributed by atoms with van der Waals surface area (Å²) in [6, 6.07) is 15.9. The van der Waals surface area contributed by atoms with Crippen LogP contribution in [0.25, 0.3) is 11.0 Å². The third kappa shape index (κ3) is 7.69. The lowest BCUT2D eigenvalue weighted by atomic mass is 10.3. The Morgan fingerprint density at radius 3 is 2.37 bits per heavy atom. The Bertz CT molecular complexity index is 800. The summed E-state index contributed by atoms with van der Waals surface area (Å²) in [6.07, 6.45) is 2.99. The number of aromatic amines is 1. The Morgan fingerprint density at radius 1 is 0.933 bits per heavy atom. The zero-order valence-corrected chi connectivity index (χ0v) is 18.4. The summed E-state index contributed by atoms with van der Waals surface area (Å²) >= 11 is 0. The smallest absolute Gasteiger partial charge is 0.300 e. The van der Waals surface area contributed by atoms with Crippen LogP contribution in [0.1, 0.15) is 40.0 Å². The third-order valence-electron chi connectivity index (χ3n) is 4.50. The molecule has 6 heteroatoms. The summed E-state index contributed by atoms with van der Waals surface area (Å²) < 4.78 is 11.7. The number of rotatable bonds is 12. The lowest BCUT2D eigenvalue weighted by molar-refractivity contribution is 0.199. The van der Waals surface area contributed by atoms with Crippen LogP contribution < -0.4 is 9.47 Å². The molecule has 2 N–H and O–H groups in total. The number of benzene rings is 2. The van der Waals surface area contributed by atoms with E-state index in [0.717, 1.165) is 55.7 Å². The standard InChI is InChI=1S/C22H29N3O3.C2H6/c1-2-13-25(14-5-6-16-26)15-17-27-18-9-11-19(12-10-18)28-22-23-20-7-3-4-8-21(20)24-22;1-2/h3-4,7-12,26H,2,5-6,13-17H2,1H3,(H,23,24);1-2H3. The molecule has 3 aromatic rings. The predicted octanol–water partition coefficient (Wildman–Crippen LogP) is 5.24. The van der Waals surface area contributed by atoms with Crippen LogP contribution in [0.4, 0.5) is 0 Å². The number of aliphatic hydroxyl groups is 1. The molecule has 0 bridgehead atoms. The van der Waals surface area contributed by atoms with E-state index in [-0.39, 0.29) is 6.61 Å². The van der Waals surface area contributed by atoms with E-state index in [9.17, 15) is 0 Å². The molecule has 3 rings (SSSR count). The van der Waals surface area contributed by atoms with Gasteiger partial charge >= 0.3 is 0 Å². The lowest BCUT2D eigenvalue weighted by Gasteiger charge is -2.21. The van der Waals surface area contributed by atoms with Crippen LogP contribution in [0.2, 0.25) is 0 Å². The third-order valence-corrected chi connectivity index (χ3v) is 4.50. The SMILES string of the molecule is CC.CCCN(CCCCO)CCOc1ccc(Oc2nc3ccccc3[nH]2)cc1. The second-order valence-electron chi connectivity index (χ2n) is 6.75. The van der Waals surface area contributed by atoms with E-state index < -0.39 is 0 Å². The number of nitrogens with zero attached hydrogens (tertiary/aromatic N) is 2. The highest BCUT2D eigenvalue weighted by Gasteiger charge is 2.06. The Morgan fingerprint density at radius 2 is 1.67 bits per heavy atom. The van der Waals surface area contributed by atoms with Gasteiger partial charge in [-0.2, -0.15) is 4.98 Å². The van der Waals surface area contributed by atoms with Crippen molar-refractivity contribution in [2.75, 3.05) is 32.8 Å². The van der Waals surface area contributed by atoms with Crippen molar-refractivity contribution < 1.29 is 14.6 Å². The number of ether oxygens (including phenoxy) is 2. The van der Waals surface area contributed by atoms with Crippen LogP contribution in [0.3, 0.4) is 0 Å². The second-order valence-corrected chi connectivity index (χ2v) is 6.75. The normalized spacial score (nSPS) is 10.7. The molecule has 0 fully saturated rings. The van der Waals surface area contributed by atoms with E-state index in [1.165, 1.54) is 0 Å². The quantitative estimate of drug-likeness (QED) is 0.397. The number of fused-ring (bicyclic) bond motifs is 1. The van der Waals surface area contributed by atoms with Crippen molar-refractivity contribution in [3.63, 3.8) is 0 Å². The number of imidazole rings is 1. The van der Waals surface area contributed by atoms with E-state index in [2.05, 4.69) is 21.8 Å². The molecule has 30 heavy (non-hydrogen) atoms. The van der Waals surface area contributed by atoms with Crippen LogP contribution in [0.15, 0.2) is 48.5 Å². The fourth-order valence-electron chi connectivity index (χ4n) is 3.08. The molecule has 0 unspecified atom stereocenters. The van der Waals surface area contributed by atoms with Gasteiger partial charge in [0, 0.05) is 13.2 Å². The van der Waals surface area contributed by atoms with E-state index in [0.29, 0.717) is 18.4 Å². The van der Waals surface area contributed by atoms with E-state index in [4.69, 9.17) is 14.6 Å². The summed E-state index contributed by atoms with van der Waals surface area (Å²) in [4.78, 5) is 9.95.